The fourth-order valence-corrected chi connectivity index (χ4v) is 4.05. The Morgan fingerprint density at radius 2 is 0.727 bits per heavy atom. The Morgan fingerprint density at radius 3 is 1.12 bits per heavy atom. The van der Waals surface area contributed by atoms with Gasteiger partial charge >= 0.3 is 0 Å². The van der Waals surface area contributed by atoms with Gasteiger partial charge < -0.3 is 29.5 Å². The number of ether oxygens (including phenoxy) is 3. The first-order chi connectivity index (χ1) is 16.1. The summed E-state index contributed by atoms with van der Waals surface area (Å²) in [4.78, 5) is 0. The molecule has 6 nitrogen and oxygen atoms in total. The molecule has 0 saturated heterocycles. The minimum Gasteiger partial charge on any atom is -0.387 e. The third kappa shape index (κ3) is 6.06. The fourth-order valence-electron chi connectivity index (χ4n) is 4.05. The van der Waals surface area contributed by atoms with Crippen molar-refractivity contribution in [3.63, 3.8) is 0 Å². The zero-order valence-corrected chi connectivity index (χ0v) is 18.3. The Hall–Kier alpha value is -2.58. The van der Waals surface area contributed by atoms with Crippen molar-refractivity contribution in [2.45, 2.75) is 56.4 Å². The van der Waals surface area contributed by atoms with Gasteiger partial charge in [-0.25, -0.2) is 0 Å². The van der Waals surface area contributed by atoms with Gasteiger partial charge in [-0.15, -0.1) is 0 Å². The van der Waals surface area contributed by atoms with Crippen LogP contribution in [0.3, 0.4) is 0 Å². The van der Waals surface area contributed by atoms with Gasteiger partial charge in [0.2, 0.25) is 0 Å². The lowest BCUT2D eigenvalue weighted by atomic mass is 9.84. The molecule has 0 spiro atoms. The van der Waals surface area contributed by atoms with Gasteiger partial charge in [-0.1, -0.05) is 91.0 Å². The average molecular weight is 451 g/mol. The maximum Gasteiger partial charge on any atom is 0.115 e. The molecule has 6 heteroatoms. The van der Waals surface area contributed by atoms with Gasteiger partial charge in [0.25, 0.3) is 0 Å². The van der Waals surface area contributed by atoms with Crippen LogP contribution in [0.25, 0.3) is 0 Å². The van der Waals surface area contributed by atoms with Gasteiger partial charge in [0.15, 0.2) is 0 Å². The summed E-state index contributed by atoms with van der Waals surface area (Å²) < 4.78 is 17.9. The summed E-state index contributed by atoms with van der Waals surface area (Å²) in [7, 11) is 0. The van der Waals surface area contributed by atoms with E-state index in [1.165, 1.54) is 0 Å². The Morgan fingerprint density at radius 1 is 0.424 bits per heavy atom. The Kier molecular flexibility index (Phi) is 8.23. The van der Waals surface area contributed by atoms with Crippen molar-refractivity contribution in [3.8, 4) is 0 Å². The molecule has 0 aliphatic heterocycles. The van der Waals surface area contributed by atoms with Gasteiger partial charge in [-0.2, -0.15) is 0 Å². The number of hydrogen-bond acceptors (Lipinski definition) is 6. The quantitative estimate of drug-likeness (QED) is 0.465. The first-order valence-corrected chi connectivity index (χ1v) is 11.1. The average Bonchev–Trinajstić information content (AvgIpc) is 2.86. The van der Waals surface area contributed by atoms with Crippen LogP contribution < -0.4 is 0 Å². The van der Waals surface area contributed by atoms with Crippen LogP contribution in [0.4, 0.5) is 0 Å². The minimum absolute atomic E-state index is 0.188. The van der Waals surface area contributed by atoms with E-state index in [-0.39, 0.29) is 19.8 Å². The number of aliphatic hydroxyl groups is 3. The van der Waals surface area contributed by atoms with Gasteiger partial charge in [0.05, 0.1) is 19.8 Å². The van der Waals surface area contributed by atoms with Crippen LogP contribution in [0, 0.1) is 0 Å². The van der Waals surface area contributed by atoms with Crippen LogP contribution in [-0.2, 0) is 34.0 Å². The molecule has 3 aromatic rings. The molecule has 0 unspecified atom stereocenters. The summed E-state index contributed by atoms with van der Waals surface area (Å²) in [6, 6.07) is 28.6. The van der Waals surface area contributed by atoms with Crippen LogP contribution in [0.15, 0.2) is 91.0 Å². The highest BCUT2D eigenvalue weighted by molar-refractivity contribution is 5.16. The van der Waals surface area contributed by atoms with Crippen LogP contribution in [0.2, 0.25) is 0 Å². The normalized spacial score (nSPS) is 27.4. The monoisotopic (exact) mass is 450 g/mol. The zero-order chi connectivity index (χ0) is 23.0. The van der Waals surface area contributed by atoms with Crippen molar-refractivity contribution < 1.29 is 29.5 Å². The standard InChI is InChI=1S/C27H30O6/c28-22-23(29)26(32-17-20-12-6-2-7-13-20)27(33-18-21-14-8-3-9-15-21)24(30)25(22)31-16-19-10-4-1-5-11-19/h1-15,22-30H,16-18H2/t22-,23-,24+,25+,26+,27+/m0/s1. The van der Waals surface area contributed by atoms with E-state index in [0.717, 1.165) is 16.7 Å². The largest absolute Gasteiger partial charge is 0.387 e. The van der Waals surface area contributed by atoms with E-state index in [1.54, 1.807) is 0 Å². The first kappa shape index (κ1) is 23.6. The molecule has 3 N–H and O–H groups in total. The first-order valence-electron chi connectivity index (χ1n) is 11.1. The minimum atomic E-state index is -1.33. The molecule has 1 aliphatic rings. The second kappa shape index (κ2) is 11.5. The van der Waals surface area contributed by atoms with Crippen molar-refractivity contribution in [1.82, 2.24) is 0 Å². The number of hydrogen-bond donors (Lipinski definition) is 3. The van der Waals surface area contributed by atoms with Crippen molar-refractivity contribution >= 4 is 0 Å². The molecule has 0 heterocycles. The van der Waals surface area contributed by atoms with E-state index in [0.29, 0.717) is 0 Å². The van der Waals surface area contributed by atoms with E-state index < -0.39 is 36.6 Å². The molecule has 1 saturated carbocycles. The van der Waals surface area contributed by atoms with Crippen molar-refractivity contribution in [2.24, 2.45) is 0 Å². The molecular formula is C27H30O6. The number of rotatable bonds is 9. The van der Waals surface area contributed by atoms with Crippen LogP contribution in [-0.4, -0.2) is 51.9 Å². The molecule has 174 valence electrons. The topological polar surface area (TPSA) is 88.4 Å². The number of aliphatic hydroxyl groups excluding tert-OH is 3. The predicted octanol–water partition coefficient (Wildman–Crippen LogP) is 2.84. The summed E-state index contributed by atoms with van der Waals surface area (Å²) >= 11 is 0. The van der Waals surface area contributed by atoms with Gasteiger partial charge in [0.1, 0.15) is 36.6 Å². The lowest BCUT2D eigenvalue weighted by Gasteiger charge is -2.45. The van der Waals surface area contributed by atoms with Gasteiger partial charge in [0, 0.05) is 0 Å². The maximum absolute atomic E-state index is 11.1. The summed E-state index contributed by atoms with van der Waals surface area (Å²) in [5.41, 5.74) is 2.74. The molecule has 0 radical (unpaired) electrons. The number of benzene rings is 3. The molecule has 3 aromatic carbocycles. The highest BCUT2D eigenvalue weighted by Crippen LogP contribution is 2.30. The molecule has 33 heavy (non-hydrogen) atoms. The van der Waals surface area contributed by atoms with Crippen LogP contribution in [0.5, 0.6) is 0 Å². The van der Waals surface area contributed by atoms with Crippen molar-refractivity contribution in [1.29, 1.82) is 0 Å². The summed E-state index contributed by atoms with van der Waals surface area (Å²) in [6.45, 7) is 0.623. The van der Waals surface area contributed by atoms with Crippen molar-refractivity contribution in [2.75, 3.05) is 0 Å². The fraction of sp³-hybridized carbons (Fsp3) is 0.333. The van der Waals surface area contributed by atoms with E-state index in [4.69, 9.17) is 14.2 Å². The third-order valence-electron chi connectivity index (χ3n) is 5.88. The van der Waals surface area contributed by atoms with E-state index in [9.17, 15) is 15.3 Å². The predicted molar refractivity (Wildman–Crippen MR) is 123 cm³/mol. The molecule has 0 aromatic heterocycles. The van der Waals surface area contributed by atoms with Gasteiger partial charge in [-0.05, 0) is 16.7 Å². The van der Waals surface area contributed by atoms with E-state index in [2.05, 4.69) is 0 Å². The molecule has 6 atom stereocenters. The van der Waals surface area contributed by atoms with Gasteiger partial charge in [-0.3, -0.25) is 0 Å². The third-order valence-corrected chi connectivity index (χ3v) is 5.88. The van der Waals surface area contributed by atoms with E-state index in [1.807, 2.05) is 91.0 Å². The second-order valence-electron chi connectivity index (χ2n) is 8.26. The summed E-state index contributed by atoms with van der Waals surface area (Å²) in [6.07, 6.45) is -6.68. The Balaban J connectivity index is 1.49. The lowest BCUT2D eigenvalue weighted by molar-refractivity contribution is -0.262. The summed E-state index contributed by atoms with van der Waals surface area (Å²) in [5.74, 6) is 0. The van der Waals surface area contributed by atoms with E-state index >= 15 is 0 Å². The molecule has 1 fully saturated rings. The summed E-state index contributed by atoms with van der Waals surface area (Å²) in [5, 5.41) is 32.8. The SMILES string of the molecule is O[C@@H]1[C@H](OCc2ccccc2)[C@@H](O)[C@H](O)[C@@H](OCc2ccccc2)[C@@H]1OCc1ccccc1. The van der Waals surface area contributed by atoms with Crippen LogP contribution in [0.1, 0.15) is 16.7 Å². The van der Waals surface area contributed by atoms with Crippen LogP contribution >= 0.6 is 0 Å². The maximum atomic E-state index is 11.1. The second-order valence-corrected chi connectivity index (χ2v) is 8.26. The van der Waals surface area contributed by atoms with Crippen molar-refractivity contribution in [3.05, 3.63) is 108 Å². The Labute approximate surface area is 194 Å². The Bertz CT molecular complexity index is 952. The lowest BCUT2D eigenvalue weighted by Crippen LogP contribution is -2.65. The molecule has 0 bridgehead atoms. The zero-order valence-electron chi connectivity index (χ0n) is 18.3. The molecule has 4 rings (SSSR count). The molecule has 1 aliphatic carbocycles. The molecule has 0 amide bonds. The molecular weight excluding hydrogens is 420 g/mol. The highest BCUT2D eigenvalue weighted by atomic mass is 16.6. The smallest absolute Gasteiger partial charge is 0.115 e. The highest BCUT2D eigenvalue weighted by Gasteiger charge is 2.51.